The van der Waals surface area contributed by atoms with Gasteiger partial charge in [0.05, 0.1) is 5.71 Å². The van der Waals surface area contributed by atoms with E-state index in [-0.39, 0.29) is 11.8 Å². The summed E-state index contributed by atoms with van der Waals surface area (Å²) in [5.74, 6) is 1.06. The Balaban J connectivity index is 1.36. The molecule has 3 rings (SSSR count). The Bertz CT molecular complexity index is 724. The van der Waals surface area contributed by atoms with Crippen molar-refractivity contribution in [3.63, 3.8) is 0 Å². The number of hydrogen-bond donors (Lipinski definition) is 0. The van der Waals surface area contributed by atoms with Crippen molar-refractivity contribution in [3.05, 3.63) is 35.9 Å². The summed E-state index contributed by atoms with van der Waals surface area (Å²) in [6.07, 6.45) is 3.52. The minimum absolute atomic E-state index is 0.0570. The number of amides is 2. The zero-order valence-electron chi connectivity index (χ0n) is 17.8. The van der Waals surface area contributed by atoms with Crippen LogP contribution in [0.3, 0.4) is 0 Å². The van der Waals surface area contributed by atoms with E-state index in [2.05, 4.69) is 19.0 Å². The third kappa shape index (κ3) is 5.81. The molecule has 158 valence electrons. The summed E-state index contributed by atoms with van der Waals surface area (Å²) in [4.78, 5) is 34.2. The molecule has 6 nitrogen and oxygen atoms in total. The van der Waals surface area contributed by atoms with E-state index in [0.29, 0.717) is 31.2 Å². The second-order valence-electron chi connectivity index (χ2n) is 8.58. The molecule has 29 heavy (non-hydrogen) atoms. The number of hydrogen-bond acceptors (Lipinski definition) is 4. The fraction of sp³-hybridized carbons (Fsp3) is 0.609. The molecule has 1 aromatic rings. The normalized spacial score (nSPS) is 19.8. The highest BCUT2D eigenvalue weighted by molar-refractivity contribution is 5.93. The number of carbonyl (C=O) groups is 2. The third-order valence-corrected chi connectivity index (χ3v) is 6.01. The first-order valence-corrected chi connectivity index (χ1v) is 10.7. The molecule has 0 aromatic heterocycles. The first-order chi connectivity index (χ1) is 13.9. The molecule has 0 aliphatic carbocycles. The maximum Gasteiger partial charge on any atom is 0.266 e. The Morgan fingerprint density at radius 3 is 2.52 bits per heavy atom. The van der Waals surface area contributed by atoms with Crippen molar-refractivity contribution in [1.29, 1.82) is 0 Å². The van der Waals surface area contributed by atoms with Crippen molar-refractivity contribution in [2.45, 2.75) is 58.6 Å². The van der Waals surface area contributed by atoms with E-state index in [1.165, 1.54) is 0 Å². The third-order valence-electron chi connectivity index (χ3n) is 6.01. The molecule has 0 spiro atoms. The molecular weight excluding hydrogens is 366 g/mol. The van der Waals surface area contributed by atoms with Crippen LogP contribution in [-0.2, 0) is 21.0 Å². The molecule has 0 bridgehead atoms. The molecule has 0 radical (unpaired) electrons. The van der Waals surface area contributed by atoms with Gasteiger partial charge in [-0.05, 0) is 36.7 Å². The fourth-order valence-electron chi connectivity index (χ4n) is 3.98. The number of rotatable bonds is 7. The summed E-state index contributed by atoms with van der Waals surface area (Å²) in [6, 6.07) is 10.1. The second-order valence-corrected chi connectivity index (χ2v) is 8.58. The second kappa shape index (κ2) is 9.90. The van der Waals surface area contributed by atoms with Gasteiger partial charge in [0.25, 0.3) is 5.91 Å². The van der Waals surface area contributed by atoms with Gasteiger partial charge >= 0.3 is 0 Å². The van der Waals surface area contributed by atoms with Crippen LogP contribution in [0, 0.1) is 11.8 Å². The first kappa shape index (κ1) is 21.3. The van der Waals surface area contributed by atoms with Crippen LogP contribution < -0.4 is 0 Å². The van der Waals surface area contributed by atoms with E-state index in [9.17, 15) is 9.59 Å². The number of piperidine rings is 1. The van der Waals surface area contributed by atoms with Crippen LogP contribution in [0.4, 0.5) is 0 Å². The van der Waals surface area contributed by atoms with Gasteiger partial charge in [-0.2, -0.15) is 0 Å². The average molecular weight is 400 g/mol. The SMILES string of the molecule is CC(C)C1=NOC(C(=O)N2CCC(CCC(=O)N(C)Cc3ccccc3)CC2)C1. The molecule has 2 aliphatic rings. The number of nitrogens with zero attached hydrogens (tertiary/aromatic N) is 3. The predicted octanol–water partition coefficient (Wildman–Crippen LogP) is 3.46. The quantitative estimate of drug-likeness (QED) is 0.705. The molecule has 1 unspecified atom stereocenters. The van der Waals surface area contributed by atoms with Gasteiger partial charge in [-0.25, -0.2) is 0 Å². The van der Waals surface area contributed by atoms with Crippen LogP contribution in [0.25, 0.3) is 0 Å². The van der Waals surface area contributed by atoms with E-state index in [4.69, 9.17) is 4.84 Å². The molecule has 2 heterocycles. The molecule has 0 N–H and O–H groups in total. The Labute approximate surface area is 173 Å². The Hall–Kier alpha value is -2.37. The van der Waals surface area contributed by atoms with Gasteiger partial charge < -0.3 is 14.6 Å². The lowest BCUT2D eigenvalue weighted by Gasteiger charge is -2.33. The van der Waals surface area contributed by atoms with Crippen molar-refractivity contribution >= 4 is 17.5 Å². The minimum Gasteiger partial charge on any atom is -0.382 e. The minimum atomic E-state index is -0.447. The highest BCUT2D eigenvalue weighted by Crippen LogP contribution is 2.25. The van der Waals surface area contributed by atoms with Crippen molar-refractivity contribution < 1.29 is 14.4 Å². The summed E-state index contributed by atoms with van der Waals surface area (Å²) < 4.78 is 0. The van der Waals surface area contributed by atoms with E-state index in [0.717, 1.165) is 43.6 Å². The number of likely N-dealkylation sites (tertiary alicyclic amines) is 1. The maximum absolute atomic E-state index is 12.7. The van der Waals surface area contributed by atoms with Crippen molar-refractivity contribution in [3.8, 4) is 0 Å². The van der Waals surface area contributed by atoms with Crippen LogP contribution in [-0.4, -0.2) is 53.6 Å². The Morgan fingerprint density at radius 2 is 1.90 bits per heavy atom. The van der Waals surface area contributed by atoms with E-state index in [1.54, 1.807) is 4.90 Å². The zero-order valence-corrected chi connectivity index (χ0v) is 17.8. The largest absolute Gasteiger partial charge is 0.382 e. The number of benzene rings is 1. The monoisotopic (exact) mass is 399 g/mol. The molecular formula is C23H33N3O3. The van der Waals surface area contributed by atoms with E-state index in [1.807, 2.05) is 42.3 Å². The van der Waals surface area contributed by atoms with Gasteiger partial charge in [-0.3, -0.25) is 9.59 Å². The number of oxime groups is 1. The molecule has 2 amide bonds. The zero-order chi connectivity index (χ0) is 20.8. The van der Waals surface area contributed by atoms with E-state index >= 15 is 0 Å². The van der Waals surface area contributed by atoms with Crippen LogP contribution in [0.1, 0.15) is 51.5 Å². The lowest BCUT2D eigenvalue weighted by molar-refractivity contribution is -0.143. The van der Waals surface area contributed by atoms with Gasteiger partial charge in [-0.15, -0.1) is 0 Å². The van der Waals surface area contributed by atoms with Gasteiger partial charge in [0, 0.05) is 39.5 Å². The Morgan fingerprint density at radius 1 is 1.21 bits per heavy atom. The van der Waals surface area contributed by atoms with E-state index < -0.39 is 6.10 Å². The first-order valence-electron chi connectivity index (χ1n) is 10.7. The van der Waals surface area contributed by atoms with Crippen molar-refractivity contribution in [1.82, 2.24) is 9.80 Å². The predicted molar refractivity (Wildman–Crippen MR) is 113 cm³/mol. The lowest BCUT2D eigenvalue weighted by atomic mass is 9.91. The topological polar surface area (TPSA) is 62.2 Å². The summed E-state index contributed by atoms with van der Waals surface area (Å²) >= 11 is 0. The lowest BCUT2D eigenvalue weighted by Crippen LogP contribution is -2.44. The highest BCUT2D eigenvalue weighted by Gasteiger charge is 2.34. The molecule has 1 aromatic carbocycles. The summed E-state index contributed by atoms with van der Waals surface area (Å²) in [5, 5.41) is 4.07. The average Bonchev–Trinajstić information content (AvgIpc) is 3.23. The highest BCUT2D eigenvalue weighted by atomic mass is 16.6. The van der Waals surface area contributed by atoms with Crippen LogP contribution in [0.2, 0.25) is 0 Å². The van der Waals surface area contributed by atoms with Crippen molar-refractivity contribution in [2.75, 3.05) is 20.1 Å². The molecule has 0 saturated carbocycles. The van der Waals surface area contributed by atoms with Gasteiger partial charge in [0.2, 0.25) is 12.0 Å². The number of carbonyl (C=O) groups excluding carboxylic acids is 2. The Kier molecular flexibility index (Phi) is 7.29. The summed E-state index contributed by atoms with van der Waals surface area (Å²) in [5.41, 5.74) is 2.12. The molecule has 1 fully saturated rings. The maximum atomic E-state index is 12.7. The molecule has 1 atom stereocenters. The summed E-state index contributed by atoms with van der Waals surface area (Å²) in [6.45, 7) is 6.27. The van der Waals surface area contributed by atoms with Gasteiger partial charge in [0.15, 0.2) is 0 Å². The standard InChI is InChI=1S/C23H33N3O3/c1-17(2)20-15-21(29-24-20)23(28)26-13-11-18(12-14-26)9-10-22(27)25(3)16-19-7-5-4-6-8-19/h4-8,17-18,21H,9-16H2,1-3H3. The molecule has 1 saturated heterocycles. The smallest absolute Gasteiger partial charge is 0.266 e. The van der Waals surface area contributed by atoms with Crippen molar-refractivity contribution in [2.24, 2.45) is 17.0 Å². The van der Waals surface area contributed by atoms with Crippen LogP contribution >= 0.6 is 0 Å². The van der Waals surface area contributed by atoms with Crippen LogP contribution in [0.5, 0.6) is 0 Å². The summed E-state index contributed by atoms with van der Waals surface area (Å²) in [7, 11) is 1.87. The molecule has 2 aliphatic heterocycles. The van der Waals surface area contributed by atoms with Crippen LogP contribution in [0.15, 0.2) is 35.5 Å². The van der Waals surface area contributed by atoms with Gasteiger partial charge in [0.1, 0.15) is 0 Å². The fourth-order valence-corrected chi connectivity index (χ4v) is 3.98. The van der Waals surface area contributed by atoms with Gasteiger partial charge in [-0.1, -0.05) is 49.3 Å². The molecule has 6 heteroatoms.